The number of anilines is 1. The summed E-state index contributed by atoms with van der Waals surface area (Å²) in [6, 6.07) is 9.63. The summed E-state index contributed by atoms with van der Waals surface area (Å²) >= 11 is 0. The van der Waals surface area contributed by atoms with Gasteiger partial charge < -0.3 is 10.6 Å². The van der Waals surface area contributed by atoms with Crippen LogP contribution < -0.4 is 10.6 Å². The molecule has 10 heteroatoms. The van der Waals surface area contributed by atoms with E-state index in [1.54, 1.807) is 12.1 Å². The van der Waals surface area contributed by atoms with E-state index in [9.17, 15) is 22.8 Å². The van der Waals surface area contributed by atoms with Crippen LogP contribution in [0.4, 0.5) is 19.0 Å². The van der Waals surface area contributed by atoms with Gasteiger partial charge in [0.25, 0.3) is 11.8 Å². The number of alkyl halides is 3. The number of nitrogens with one attached hydrogen (secondary N) is 2. The number of carbonyl (C=O) groups excluding carboxylic acids is 2. The number of aromatic nitrogens is 3. The first-order chi connectivity index (χ1) is 13.3. The predicted octanol–water partition coefficient (Wildman–Crippen LogP) is 2.90. The number of benzene rings is 1. The fourth-order valence-electron chi connectivity index (χ4n) is 2.44. The molecule has 28 heavy (non-hydrogen) atoms. The lowest BCUT2D eigenvalue weighted by Gasteiger charge is -2.11. The second-order valence-corrected chi connectivity index (χ2v) is 5.64. The maximum absolute atomic E-state index is 13.0. The van der Waals surface area contributed by atoms with E-state index in [4.69, 9.17) is 0 Å². The van der Waals surface area contributed by atoms with Crippen LogP contribution in [0.1, 0.15) is 26.4 Å². The van der Waals surface area contributed by atoms with Gasteiger partial charge in [0, 0.05) is 18.2 Å². The van der Waals surface area contributed by atoms with Gasteiger partial charge >= 0.3 is 6.18 Å². The first-order valence-corrected chi connectivity index (χ1v) is 8.01. The highest BCUT2D eigenvalue weighted by molar-refractivity contribution is 6.05. The molecule has 0 saturated carbocycles. The number of carbonyl (C=O) groups is 2. The Bertz CT molecular complexity index is 1010. The Kier molecular flexibility index (Phi) is 5.12. The number of hydrogen-bond acceptors (Lipinski definition) is 4. The second kappa shape index (κ2) is 7.51. The monoisotopic (exact) mass is 389 g/mol. The van der Waals surface area contributed by atoms with E-state index in [-0.39, 0.29) is 23.0 Å². The highest BCUT2D eigenvalue weighted by Crippen LogP contribution is 2.30. The Balaban J connectivity index is 1.77. The molecule has 0 atom stereocenters. The molecule has 0 aliphatic rings. The SMILES string of the molecule is CNC(=O)c1cccc(C(=O)Nc2ccc(-n3nccc3C(F)(F)F)cn2)c1. The molecular formula is C18H14F3N5O2. The van der Waals surface area contributed by atoms with E-state index in [2.05, 4.69) is 20.7 Å². The molecule has 0 spiro atoms. The number of pyridine rings is 1. The molecule has 0 unspecified atom stereocenters. The summed E-state index contributed by atoms with van der Waals surface area (Å²) in [6.45, 7) is 0. The van der Waals surface area contributed by atoms with Crippen LogP contribution in [0.15, 0.2) is 54.9 Å². The summed E-state index contributed by atoms with van der Waals surface area (Å²) in [5, 5.41) is 8.64. The van der Waals surface area contributed by atoms with E-state index in [1.807, 2.05) is 0 Å². The van der Waals surface area contributed by atoms with E-state index in [0.29, 0.717) is 10.2 Å². The number of halogens is 3. The van der Waals surface area contributed by atoms with Crippen LogP contribution in [0.2, 0.25) is 0 Å². The summed E-state index contributed by atoms with van der Waals surface area (Å²) < 4.78 is 39.6. The van der Waals surface area contributed by atoms with Crippen LogP contribution in [-0.2, 0) is 6.18 Å². The fraction of sp³-hybridized carbons (Fsp3) is 0.111. The van der Waals surface area contributed by atoms with Crippen molar-refractivity contribution in [2.24, 2.45) is 0 Å². The Morgan fingerprint density at radius 1 is 1.04 bits per heavy atom. The third-order valence-corrected chi connectivity index (χ3v) is 3.78. The lowest BCUT2D eigenvalue weighted by molar-refractivity contribution is -0.142. The van der Waals surface area contributed by atoms with Crippen molar-refractivity contribution in [3.63, 3.8) is 0 Å². The zero-order chi connectivity index (χ0) is 20.3. The Hall–Kier alpha value is -3.69. The van der Waals surface area contributed by atoms with Crippen LogP contribution in [0.5, 0.6) is 0 Å². The minimum Gasteiger partial charge on any atom is -0.355 e. The summed E-state index contributed by atoms with van der Waals surface area (Å²) in [6.07, 6.45) is -2.35. The standard InChI is InChI=1S/C18H14F3N5O2/c1-22-16(27)11-3-2-4-12(9-11)17(28)25-15-6-5-13(10-23-15)26-14(7-8-24-26)18(19,20)21/h2-10H,1H3,(H,22,27)(H,23,25,28). The third kappa shape index (κ3) is 4.00. The Morgan fingerprint density at radius 3 is 2.36 bits per heavy atom. The average molecular weight is 389 g/mol. The second-order valence-electron chi connectivity index (χ2n) is 5.64. The maximum atomic E-state index is 13.0. The van der Waals surface area contributed by atoms with Gasteiger partial charge in [-0.3, -0.25) is 9.59 Å². The van der Waals surface area contributed by atoms with Crippen molar-refractivity contribution in [1.82, 2.24) is 20.1 Å². The quantitative estimate of drug-likeness (QED) is 0.718. The minimum atomic E-state index is -4.56. The molecule has 3 aromatic rings. The summed E-state index contributed by atoms with van der Waals surface area (Å²) in [5.74, 6) is -0.710. The van der Waals surface area contributed by atoms with Crippen molar-refractivity contribution >= 4 is 17.6 Å². The van der Waals surface area contributed by atoms with Gasteiger partial charge in [-0.05, 0) is 36.4 Å². The first-order valence-electron chi connectivity index (χ1n) is 8.01. The van der Waals surface area contributed by atoms with Crippen molar-refractivity contribution in [1.29, 1.82) is 0 Å². The number of nitrogens with zero attached hydrogens (tertiary/aromatic N) is 3. The van der Waals surface area contributed by atoms with Crippen LogP contribution >= 0.6 is 0 Å². The fourth-order valence-corrected chi connectivity index (χ4v) is 2.44. The normalized spacial score (nSPS) is 11.1. The smallest absolute Gasteiger partial charge is 0.355 e. The molecule has 0 radical (unpaired) electrons. The van der Waals surface area contributed by atoms with Crippen LogP contribution in [-0.4, -0.2) is 33.6 Å². The molecule has 144 valence electrons. The van der Waals surface area contributed by atoms with Crippen molar-refractivity contribution in [3.05, 3.63) is 71.7 Å². The highest BCUT2D eigenvalue weighted by Gasteiger charge is 2.35. The Labute approximate surface area is 157 Å². The molecule has 0 aliphatic carbocycles. The molecule has 2 amide bonds. The molecular weight excluding hydrogens is 375 g/mol. The van der Waals surface area contributed by atoms with Gasteiger partial charge in [-0.15, -0.1) is 0 Å². The van der Waals surface area contributed by atoms with Gasteiger partial charge in [0.05, 0.1) is 18.1 Å². The molecule has 0 bridgehead atoms. The molecule has 2 heterocycles. The lowest BCUT2D eigenvalue weighted by Crippen LogP contribution is -2.19. The topological polar surface area (TPSA) is 88.9 Å². The van der Waals surface area contributed by atoms with E-state index < -0.39 is 17.8 Å². The molecule has 2 N–H and O–H groups in total. The number of hydrogen-bond donors (Lipinski definition) is 2. The highest BCUT2D eigenvalue weighted by atomic mass is 19.4. The third-order valence-electron chi connectivity index (χ3n) is 3.78. The van der Waals surface area contributed by atoms with Gasteiger partial charge in [-0.25, -0.2) is 9.67 Å². The van der Waals surface area contributed by atoms with Crippen LogP contribution in [0, 0.1) is 0 Å². The van der Waals surface area contributed by atoms with Gasteiger partial charge in [-0.2, -0.15) is 18.3 Å². The number of rotatable bonds is 4. The van der Waals surface area contributed by atoms with Gasteiger partial charge in [0.1, 0.15) is 11.5 Å². The molecule has 0 aliphatic heterocycles. The van der Waals surface area contributed by atoms with Crippen LogP contribution in [0.3, 0.4) is 0 Å². The summed E-state index contributed by atoms with van der Waals surface area (Å²) in [4.78, 5) is 27.9. The largest absolute Gasteiger partial charge is 0.433 e. The lowest BCUT2D eigenvalue weighted by atomic mass is 10.1. The van der Waals surface area contributed by atoms with Gasteiger partial charge in [0.2, 0.25) is 0 Å². The molecule has 0 saturated heterocycles. The van der Waals surface area contributed by atoms with Crippen molar-refractivity contribution in [2.45, 2.75) is 6.18 Å². The van der Waals surface area contributed by atoms with Crippen molar-refractivity contribution < 1.29 is 22.8 Å². The maximum Gasteiger partial charge on any atom is 0.433 e. The zero-order valence-electron chi connectivity index (χ0n) is 14.5. The zero-order valence-corrected chi connectivity index (χ0v) is 14.5. The molecule has 0 fully saturated rings. The minimum absolute atomic E-state index is 0.0944. The van der Waals surface area contributed by atoms with Gasteiger partial charge in [-0.1, -0.05) is 6.07 Å². The molecule has 7 nitrogen and oxygen atoms in total. The van der Waals surface area contributed by atoms with Gasteiger partial charge in [0.15, 0.2) is 0 Å². The molecule has 1 aromatic carbocycles. The summed E-state index contributed by atoms with van der Waals surface area (Å²) in [5.41, 5.74) is -0.288. The average Bonchev–Trinajstić information content (AvgIpc) is 3.18. The van der Waals surface area contributed by atoms with Crippen molar-refractivity contribution in [3.8, 4) is 5.69 Å². The predicted molar refractivity (Wildman–Crippen MR) is 94.1 cm³/mol. The first kappa shape index (κ1) is 19.1. The summed E-state index contributed by atoms with van der Waals surface area (Å²) in [7, 11) is 1.48. The van der Waals surface area contributed by atoms with Crippen molar-refractivity contribution in [2.75, 3.05) is 12.4 Å². The van der Waals surface area contributed by atoms with E-state index in [0.717, 1.165) is 12.3 Å². The van der Waals surface area contributed by atoms with E-state index >= 15 is 0 Å². The Morgan fingerprint density at radius 2 is 1.75 bits per heavy atom. The van der Waals surface area contributed by atoms with E-state index in [1.165, 1.54) is 37.5 Å². The molecule has 3 rings (SSSR count). The number of amides is 2. The van der Waals surface area contributed by atoms with Crippen LogP contribution in [0.25, 0.3) is 5.69 Å². The molecule has 2 aromatic heterocycles.